The molecule has 2 heterocycles. The molecule has 1 fully saturated rings. The molecule has 1 aromatic heterocycles. The first kappa shape index (κ1) is 11.7. The quantitative estimate of drug-likeness (QED) is 0.698. The summed E-state index contributed by atoms with van der Waals surface area (Å²) >= 11 is 0. The molecule has 1 aromatic rings. The van der Waals surface area contributed by atoms with Crippen molar-refractivity contribution in [3.05, 3.63) is 24.2 Å². The second-order valence-electron chi connectivity index (χ2n) is 3.93. The molecule has 0 atom stereocenters. The predicted molar refractivity (Wildman–Crippen MR) is 60.6 cm³/mol. The average molecular weight is 237 g/mol. The van der Waals surface area contributed by atoms with Crippen LogP contribution in [-0.4, -0.2) is 31.1 Å². The van der Waals surface area contributed by atoms with Gasteiger partial charge in [0.15, 0.2) is 5.76 Å². The maximum Gasteiger partial charge on any atom is 0.322 e. The lowest BCUT2D eigenvalue weighted by molar-refractivity contribution is 0.0935. The van der Waals surface area contributed by atoms with Crippen molar-refractivity contribution in [3.63, 3.8) is 0 Å². The van der Waals surface area contributed by atoms with Crippen LogP contribution in [0.4, 0.5) is 4.79 Å². The van der Waals surface area contributed by atoms with E-state index in [1.807, 2.05) is 0 Å². The zero-order valence-electron chi connectivity index (χ0n) is 9.36. The van der Waals surface area contributed by atoms with Crippen LogP contribution in [0.2, 0.25) is 0 Å². The Morgan fingerprint density at radius 1 is 1.35 bits per heavy atom. The van der Waals surface area contributed by atoms with Gasteiger partial charge in [0, 0.05) is 6.04 Å². The number of furan rings is 1. The molecule has 1 aliphatic rings. The zero-order chi connectivity index (χ0) is 12.1. The minimum absolute atomic E-state index is 0.126. The zero-order valence-corrected chi connectivity index (χ0v) is 9.36. The summed E-state index contributed by atoms with van der Waals surface area (Å²) in [5, 5.41) is 8.18. The minimum Gasteiger partial charge on any atom is -0.459 e. The van der Waals surface area contributed by atoms with Crippen LogP contribution in [0, 0.1) is 0 Å². The third-order valence-corrected chi connectivity index (χ3v) is 2.65. The molecular weight excluding hydrogens is 222 g/mol. The van der Waals surface area contributed by atoms with Gasteiger partial charge in [-0.1, -0.05) is 0 Å². The van der Waals surface area contributed by atoms with Crippen LogP contribution in [0.25, 0.3) is 0 Å². The van der Waals surface area contributed by atoms with Crippen LogP contribution >= 0.6 is 0 Å². The summed E-state index contributed by atoms with van der Waals surface area (Å²) in [6.07, 6.45) is 3.14. The lowest BCUT2D eigenvalue weighted by Crippen LogP contribution is -2.48. The van der Waals surface area contributed by atoms with E-state index in [9.17, 15) is 9.59 Å². The lowest BCUT2D eigenvalue weighted by Gasteiger charge is -2.23. The number of carbonyl (C=O) groups is 2. The van der Waals surface area contributed by atoms with Crippen LogP contribution in [-0.2, 0) is 0 Å². The Hall–Kier alpha value is -1.82. The van der Waals surface area contributed by atoms with E-state index in [0.29, 0.717) is 0 Å². The third-order valence-electron chi connectivity index (χ3n) is 2.65. The SMILES string of the molecule is O=C(NC(=O)c1ccco1)NC1CCNCC1. The van der Waals surface area contributed by atoms with Crippen molar-refractivity contribution in [2.45, 2.75) is 18.9 Å². The number of urea groups is 1. The van der Waals surface area contributed by atoms with Gasteiger partial charge in [-0.15, -0.1) is 0 Å². The highest BCUT2D eigenvalue weighted by atomic mass is 16.3. The first-order valence-corrected chi connectivity index (χ1v) is 5.62. The van der Waals surface area contributed by atoms with Gasteiger partial charge in [-0.05, 0) is 38.1 Å². The van der Waals surface area contributed by atoms with E-state index in [-0.39, 0.29) is 11.8 Å². The monoisotopic (exact) mass is 237 g/mol. The molecule has 1 saturated heterocycles. The Labute approximate surface area is 98.7 Å². The van der Waals surface area contributed by atoms with E-state index in [0.717, 1.165) is 25.9 Å². The van der Waals surface area contributed by atoms with Gasteiger partial charge < -0.3 is 15.1 Å². The molecule has 0 aromatic carbocycles. The highest BCUT2D eigenvalue weighted by Crippen LogP contribution is 2.02. The molecule has 3 N–H and O–H groups in total. The molecule has 0 aliphatic carbocycles. The van der Waals surface area contributed by atoms with E-state index in [1.54, 1.807) is 6.07 Å². The summed E-state index contributed by atoms with van der Waals surface area (Å²) in [4.78, 5) is 23.0. The molecule has 0 spiro atoms. The van der Waals surface area contributed by atoms with Crippen molar-refractivity contribution in [2.24, 2.45) is 0 Å². The van der Waals surface area contributed by atoms with Crippen LogP contribution in [0.1, 0.15) is 23.4 Å². The molecule has 6 nitrogen and oxygen atoms in total. The number of nitrogens with one attached hydrogen (secondary N) is 3. The van der Waals surface area contributed by atoms with Crippen molar-refractivity contribution in [3.8, 4) is 0 Å². The molecule has 6 heteroatoms. The Kier molecular flexibility index (Phi) is 3.77. The topological polar surface area (TPSA) is 83.4 Å². The number of piperidine rings is 1. The molecule has 17 heavy (non-hydrogen) atoms. The molecule has 92 valence electrons. The van der Waals surface area contributed by atoms with E-state index >= 15 is 0 Å². The van der Waals surface area contributed by atoms with Crippen molar-refractivity contribution < 1.29 is 14.0 Å². The highest BCUT2D eigenvalue weighted by molar-refractivity contribution is 6.02. The maximum atomic E-state index is 11.5. The molecule has 3 amide bonds. The maximum absolute atomic E-state index is 11.5. The number of amides is 3. The highest BCUT2D eigenvalue weighted by Gasteiger charge is 2.17. The minimum atomic E-state index is -0.526. The Bertz CT molecular complexity index is 383. The predicted octanol–water partition coefficient (Wildman–Crippen LogP) is 0.471. The standard InChI is InChI=1S/C11H15N3O3/c15-10(9-2-1-7-17-9)14-11(16)13-8-3-5-12-6-4-8/h1-2,7-8,12H,3-6H2,(H2,13,14,15,16). The first-order valence-electron chi connectivity index (χ1n) is 5.62. The Morgan fingerprint density at radius 2 is 2.12 bits per heavy atom. The summed E-state index contributed by atoms with van der Waals surface area (Å²) in [6.45, 7) is 1.77. The molecule has 1 aliphatic heterocycles. The van der Waals surface area contributed by atoms with Crippen molar-refractivity contribution in [2.75, 3.05) is 13.1 Å². The molecule has 0 saturated carbocycles. The smallest absolute Gasteiger partial charge is 0.322 e. The molecule has 2 rings (SSSR count). The van der Waals surface area contributed by atoms with Gasteiger partial charge >= 0.3 is 6.03 Å². The van der Waals surface area contributed by atoms with Crippen molar-refractivity contribution in [1.82, 2.24) is 16.0 Å². The van der Waals surface area contributed by atoms with E-state index in [2.05, 4.69) is 16.0 Å². The van der Waals surface area contributed by atoms with Gasteiger partial charge in [0.05, 0.1) is 6.26 Å². The lowest BCUT2D eigenvalue weighted by atomic mass is 10.1. The summed E-state index contributed by atoms with van der Waals surface area (Å²) in [6, 6.07) is 2.76. The van der Waals surface area contributed by atoms with E-state index in [4.69, 9.17) is 4.42 Å². The summed E-state index contributed by atoms with van der Waals surface area (Å²) in [7, 11) is 0. The second-order valence-corrected chi connectivity index (χ2v) is 3.93. The molecule has 0 bridgehead atoms. The average Bonchev–Trinajstić information content (AvgIpc) is 2.83. The molecular formula is C11H15N3O3. The fourth-order valence-electron chi connectivity index (χ4n) is 1.76. The normalized spacial score (nSPS) is 16.5. The third kappa shape index (κ3) is 3.32. The number of rotatable bonds is 2. The van der Waals surface area contributed by atoms with Crippen molar-refractivity contribution in [1.29, 1.82) is 0 Å². The van der Waals surface area contributed by atoms with Gasteiger partial charge in [0.1, 0.15) is 0 Å². The number of hydrogen-bond donors (Lipinski definition) is 3. The Balaban J connectivity index is 1.78. The van der Waals surface area contributed by atoms with Gasteiger partial charge in [-0.3, -0.25) is 10.1 Å². The van der Waals surface area contributed by atoms with Crippen LogP contribution in [0.5, 0.6) is 0 Å². The largest absolute Gasteiger partial charge is 0.459 e. The van der Waals surface area contributed by atoms with Crippen LogP contribution in [0.3, 0.4) is 0 Å². The van der Waals surface area contributed by atoms with Crippen LogP contribution in [0.15, 0.2) is 22.8 Å². The summed E-state index contributed by atoms with van der Waals surface area (Å²) in [5.74, 6) is -0.396. The molecule has 0 unspecified atom stereocenters. The number of hydrogen-bond acceptors (Lipinski definition) is 4. The molecule has 0 radical (unpaired) electrons. The van der Waals surface area contributed by atoms with Gasteiger partial charge in [-0.2, -0.15) is 0 Å². The van der Waals surface area contributed by atoms with E-state index < -0.39 is 11.9 Å². The second kappa shape index (κ2) is 5.49. The fraction of sp³-hybridized carbons (Fsp3) is 0.455. The van der Waals surface area contributed by atoms with E-state index in [1.165, 1.54) is 12.3 Å². The summed E-state index contributed by atoms with van der Waals surface area (Å²) in [5.41, 5.74) is 0. The van der Waals surface area contributed by atoms with Gasteiger partial charge in [0.2, 0.25) is 0 Å². The first-order chi connectivity index (χ1) is 8.25. The van der Waals surface area contributed by atoms with Gasteiger partial charge in [-0.25, -0.2) is 4.79 Å². The van der Waals surface area contributed by atoms with Gasteiger partial charge in [0.25, 0.3) is 5.91 Å². The summed E-state index contributed by atoms with van der Waals surface area (Å²) < 4.78 is 4.88. The fourth-order valence-corrected chi connectivity index (χ4v) is 1.76. The number of carbonyl (C=O) groups excluding carboxylic acids is 2. The Morgan fingerprint density at radius 3 is 2.76 bits per heavy atom. The van der Waals surface area contributed by atoms with Crippen molar-refractivity contribution >= 4 is 11.9 Å². The van der Waals surface area contributed by atoms with Crippen LogP contribution < -0.4 is 16.0 Å². The number of imide groups is 1.